The van der Waals surface area contributed by atoms with Gasteiger partial charge in [-0.15, -0.1) is 0 Å². The van der Waals surface area contributed by atoms with Crippen LogP contribution in [-0.4, -0.2) is 52.5 Å². The molecule has 3 N–H and O–H groups in total. The van der Waals surface area contributed by atoms with Gasteiger partial charge in [0.2, 0.25) is 0 Å². The second kappa shape index (κ2) is 9.60. The molecule has 2 amide bonds. The molecule has 7 heteroatoms. The zero-order valence-electron chi connectivity index (χ0n) is 14.6. The maximum absolute atomic E-state index is 12.4. The van der Waals surface area contributed by atoms with Crippen molar-refractivity contribution >= 4 is 17.8 Å². The van der Waals surface area contributed by atoms with E-state index < -0.39 is 24.3 Å². The first-order valence-electron chi connectivity index (χ1n) is 8.74. The molecule has 0 aliphatic carbocycles. The fraction of sp³-hybridized carbons (Fsp3) is 0.421. The molecule has 1 aromatic carbocycles. The van der Waals surface area contributed by atoms with Crippen molar-refractivity contribution in [3.63, 3.8) is 0 Å². The molecule has 0 aromatic heterocycles. The number of aryl methyl sites for hydroxylation is 1. The predicted octanol–water partition coefficient (Wildman–Crippen LogP) is 1.64. The Labute approximate surface area is 152 Å². The minimum Gasteiger partial charge on any atom is -0.511 e. The van der Waals surface area contributed by atoms with Crippen LogP contribution in [0.4, 0.5) is 0 Å². The van der Waals surface area contributed by atoms with Crippen molar-refractivity contribution in [2.75, 3.05) is 19.6 Å². The largest absolute Gasteiger partial charge is 0.511 e. The van der Waals surface area contributed by atoms with Crippen LogP contribution < -0.4 is 5.32 Å². The van der Waals surface area contributed by atoms with Crippen LogP contribution in [0.15, 0.2) is 41.7 Å². The topological polar surface area (TPSA) is 107 Å². The lowest BCUT2D eigenvalue weighted by Gasteiger charge is -2.28. The van der Waals surface area contributed by atoms with E-state index in [1.54, 1.807) is 0 Å². The van der Waals surface area contributed by atoms with Crippen molar-refractivity contribution in [1.29, 1.82) is 0 Å². The van der Waals surface area contributed by atoms with Crippen LogP contribution in [0.3, 0.4) is 0 Å². The lowest BCUT2D eigenvalue weighted by Crippen LogP contribution is -2.43. The molecule has 0 spiro atoms. The van der Waals surface area contributed by atoms with E-state index in [1.165, 1.54) is 10.5 Å². The van der Waals surface area contributed by atoms with Crippen LogP contribution in [0.2, 0.25) is 0 Å². The average molecular weight is 360 g/mol. The Balaban J connectivity index is 1.79. The standard InChI is InChI=1S/C19H24N2O5/c22-15-10-12-21(19(26)17(15)18(25)20-13-16(23)24)11-6-2-5-9-14-7-3-1-4-8-14/h1,3-4,7-8,22H,2,5-6,9-13H2,(H,20,25)(H,23,24). The molecule has 7 nitrogen and oxygen atoms in total. The SMILES string of the molecule is O=C(O)CNC(=O)C1=C(O)CCN(CCCCCc2ccccc2)C1=O. The van der Waals surface area contributed by atoms with E-state index in [0.717, 1.165) is 25.7 Å². The summed E-state index contributed by atoms with van der Waals surface area (Å²) in [6.07, 6.45) is 3.96. The fourth-order valence-electron chi connectivity index (χ4n) is 2.89. The Morgan fingerprint density at radius 2 is 1.85 bits per heavy atom. The van der Waals surface area contributed by atoms with Crippen LogP contribution in [-0.2, 0) is 20.8 Å². The fourth-order valence-corrected chi connectivity index (χ4v) is 2.89. The number of carbonyl (C=O) groups is 3. The number of carbonyl (C=O) groups excluding carboxylic acids is 2. The molecule has 0 fully saturated rings. The molecule has 1 aliphatic rings. The molecular weight excluding hydrogens is 336 g/mol. The molecule has 140 valence electrons. The monoisotopic (exact) mass is 360 g/mol. The number of carboxylic acids is 1. The summed E-state index contributed by atoms with van der Waals surface area (Å²) in [5, 5.41) is 20.6. The summed E-state index contributed by atoms with van der Waals surface area (Å²) in [6, 6.07) is 10.2. The zero-order valence-corrected chi connectivity index (χ0v) is 14.6. The van der Waals surface area contributed by atoms with Gasteiger partial charge in [0.1, 0.15) is 17.9 Å². The minimum atomic E-state index is -1.21. The first-order chi connectivity index (χ1) is 12.5. The lowest BCUT2D eigenvalue weighted by atomic mass is 10.0. The number of carboxylic acid groups (broad SMARTS) is 1. The minimum absolute atomic E-state index is 0.200. The van der Waals surface area contributed by atoms with Gasteiger partial charge in [-0.05, 0) is 24.8 Å². The van der Waals surface area contributed by atoms with Crippen LogP contribution in [0.5, 0.6) is 0 Å². The number of aliphatic hydroxyl groups is 1. The van der Waals surface area contributed by atoms with Gasteiger partial charge in [-0.1, -0.05) is 36.8 Å². The van der Waals surface area contributed by atoms with Crippen LogP contribution in [0.25, 0.3) is 0 Å². The van der Waals surface area contributed by atoms with E-state index in [9.17, 15) is 19.5 Å². The van der Waals surface area contributed by atoms with Gasteiger partial charge in [-0.25, -0.2) is 0 Å². The maximum atomic E-state index is 12.4. The summed E-state index contributed by atoms with van der Waals surface area (Å²) >= 11 is 0. The van der Waals surface area contributed by atoms with Crippen LogP contribution in [0, 0.1) is 0 Å². The van der Waals surface area contributed by atoms with Crippen molar-refractivity contribution in [2.24, 2.45) is 0 Å². The van der Waals surface area contributed by atoms with E-state index in [4.69, 9.17) is 5.11 Å². The molecule has 0 bridgehead atoms. The number of aliphatic hydroxyl groups excluding tert-OH is 1. The average Bonchev–Trinajstić information content (AvgIpc) is 2.62. The second-order valence-corrected chi connectivity index (χ2v) is 6.24. The second-order valence-electron chi connectivity index (χ2n) is 6.24. The van der Waals surface area contributed by atoms with E-state index in [-0.39, 0.29) is 17.8 Å². The highest BCUT2D eigenvalue weighted by Gasteiger charge is 2.31. The van der Waals surface area contributed by atoms with E-state index in [1.807, 2.05) is 18.2 Å². The van der Waals surface area contributed by atoms with Gasteiger partial charge in [0.05, 0.1) is 0 Å². The Hall–Kier alpha value is -2.83. The molecule has 0 saturated heterocycles. The van der Waals surface area contributed by atoms with Crippen molar-refractivity contribution < 1.29 is 24.6 Å². The summed E-state index contributed by atoms with van der Waals surface area (Å²) in [5.41, 5.74) is 0.938. The van der Waals surface area contributed by atoms with E-state index >= 15 is 0 Å². The summed E-state index contributed by atoms with van der Waals surface area (Å²) in [6.45, 7) is 0.276. The molecule has 1 heterocycles. The van der Waals surface area contributed by atoms with Gasteiger partial charge < -0.3 is 20.4 Å². The molecule has 0 saturated carbocycles. The Bertz CT molecular complexity index is 684. The number of unbranched alkanes of at least 4 members (excludes halogenated alkanes) is 2. The number of aliphatic carboxylic acids is 1. The van der Waals surface area contributed by atoms with Crippen molar-refractivity contribution in [2.45, 2.75) is 32.1 Å². The van der Waals surface area contributed by atoms with Gasteiger partial charge in [0.25, 0.3) is 11.8 Å². The number of benzene rings is 1. The molecule has 0 atom stereocenters. The number of rotatable bonds is 9. The number of amides is 2. The van der Waals surface area contributed by atoms with Crippen LogP contribution in [0.1, 0.15) is 31.2 Å². The summed E-state index contributed by atoms with van der Waals surface area (Å²) in [5.74, 6) is -2.88. The Morgan fingerprint density at radius 3 is 2.54 bits per heavy atom. The number of nitrogens with one attached hydrogen (secondary N) is 1. The molecule has 26 heavy (non-hydrogen) atoms. The number of hydrogen-bond acceptors (Lipinski definition) is 4. The van der Waals surface area contributed by atoms with Crippen molar-refractivity contribution in [1.82, 2.24) is 10.2 Å². The smallest absolute Gasteiger partial charge is 0.322 e. The Morgan fingerprint density at radius 1 is 1.12 bits per heavy atom. The zero-order chi connectivity index (χ0) is 18.9. The van der Waals surface area contributed by atoms with Gasteiger partial charge in [-0.3, -0.25) is 14.4 Å². The molecule has 0 unspecified atom stereocenters. The molecular formula is C19H24N2O5. The normalized spacial score (nSPS) is 14.5. The molecule has 1 aliphatic heterocycles. The third-order valence-corrected chi connectivity index (χ3v) is 4.27. The Kier molecular flexibility index (Phi) is 7.20. The maximum Gasteiger partial charge on any atom is 0.322 e. The van der Waals surface area contributed by atoms with Crippen LogP contribution >= 0.6 is 0 Å². The highest BCUT2D eigenvalue weighted by atomic mass is 16.4. The highest BCUT2D eigenvalue weighted by molar-refractivity contribution is 6.19. The van der Waals surface area contributed by atoms with Gasteiger partial charge in [-0.2, -0.15) is 0 Å². The van der Waals surface area contributed by atoms with Gasteiger partial charge in [0.15, 0.2) is 0 Å². The predicted molar refractivity (Wildman–Crippen MR) is 95.5 cm³/mol. The van der Waals surface area contributed by atoms with E-state index in [0.29, 0.717) is 13.1 Å². The lowest BCUT2D eigenvalue weighted by molar-refractivity contribution is -0.138. The van der Waals surface area contributed by atoms with Crippen molar-refractivity contribution in [3.05, 3.63) is 47.2 Å². The molecule has 2 rings (SSSR count). The first-order valence-corrected chi connectivity index (χ1v) is 8.74. The summed E-state index contributed by atoms with van der Waals surface area (Å²) in [7, 11) is 0. The molecule has 1 aromatic rings. The number of hydrogen-bond donors (Lipinski definition) is 3. The third kappa shape index (κ3) is 5.61. The summed E-state index contributed by atoms with van der Waals surface area (Å²) < 4.78 is 0. The highest BCUT2D eigenvalue weighted by Crippen LogP contribution is 2.18. The third-order valence-electron chi connectivity index (χ3n) is 4.27. The quantitative estimate of drug-likeness (QED) is 0.458. The van der Waals surface area contributed by atoms with E-state index in [2.05, 4.69) is 17.4 Å². The van der Waals surface area contributed by atoms with Crippen molar-refractivity contribution in [3.8, 4) is 0 Å². The van der Waals surface area contributed by atoms with Gasteiger partial charge in [0, 0.05) is 19.5 Å². The number of nitrogens with zero attached hydrogens (tertiary/aromatic N) is 1. The molecule has 0 radical (unpaired) electrons. The first kappa shape index (κ1) is 19.5. The van der Waals surface area contributed by atoms with Gasteiger partial charge >= 0.3 is 5.97 Å². The summed E-state index contributed by atoms with van der Waals surface area (Å²) in [4.78, 5) is 36.4.